The van der Waals surface area contributed by atoms with Crippen molar-refractivity contribution in [2.45, 2.75) is 18.8 Å². The van der Waals surface area contributed by atoms with E-state index in [0.717, 1.165) is 26.1 Å². The van der Waals surface area contributed by atoms with E-state index in [-0.39, 0.29) is 0 Å². The Hall–Kier alpha value is -1.42. The van der Waals surface area contributed by atoms with Crippen LogP contribution < -0.4 is 0 Å². The number of rotatable bonds is 2. The van der Waals surface area contributed by atoms with Crippen molar-refractivity contribution >= 4 is 5.97 Å². The molecule has 0 amide bonds. The number of pyridine rings is 1. The molecule has 16 heavy (non-hydrogen) atoms. The number of carbonyl (C=O) groups is 1. The monoisotopic (exact) mass is 221 g/mol. The van der Waals surface area contributed by atoms with Gasteiger partial charge in [0.25, 0.3) is 0 Å². The third-order valence-electron chi connectivity index (χ3n) is 2.87. The number of aromatic nitrogens is 1. The molecule has 2 heterocycles. The average molecular weight is 221 g/mol. The number of ether oxygens (including phenoxy) is 2. The number of carbonyl (C=O) groups excluding carboxylic acids is 1. The van der Waals surface area contributed by atoms with Gasteiger partial charge in [-0.05, 0) is 30.4 Å². The molecule has 1 aromatic heterocycles. The summed E-state index contributed by atoms with van der Waals surface area (Å²) in [5.41, 5.74) is 1.54. The Bertz CT molecular complexity index is 355. The van der Waals surface area contributed by atoms with Gasteiger partial charge in [0.2, 0.25) is 0 Å². The largest absolute Gasteiger partial charge is 0.464 e. The number of hydrogen-bond acceptors (Lipinski definition) is 4. The molecule has 0 bridgehead atoms. The number of nitrogens with zero attached hydrogens (tertiary/aromatic N) is 1. The van der Waals surface area contributed by atoms with Crippen LogP contribution >= 0.6 is 0 Å². The minimum absolute atomic E-state index is 0.360. The van der Waals surface area contributed by atoms with Crippen molar-refractivity contribution in [3.05, 3.63) is 29.6 Å². The number of hydrogen-bond donors (Lipinski definition) is 0. The molecule has 0 atom stereocenters. The summed E-state index contributed by atoms with van der Waals surface area (Å²) in [6.07, 6.45) is 3.82. The lowest BCUT2D eigenvalue weighted by atomic mass is 9.93. The molecule has 0 N–H and O–H groups in total. The molecule has 0 unspecified atom stereocenters. The molecular formula is C12H15NO3. The Morgan fingerprint density at radius 2 is 2.19 bits per heavy atom. The van der Waals surface area contributed by atoms with Gasteiger partial charge in [0.15, 0.2) is 0 Å². The maximum atomic E-state index is 11.2. The molecule has 2 rings (SSSR count). The molecule has 1 aliphatic rings. The summed E-state index contributed by atoms with van der Waals surface area (Å²) < 4.78 is 9.91. The summed E-state index contributed by atoms with van der Waals surface area (Å²) in [7, 11) is 1.36. The van der Waals surface area contributed by atoms with Crippen LogP contribution in [0.15, 0.2) is 18.3 Å². The Morgan fingerprint density at radius 1 is 1.44 bits per heavy atom. The quantitative estimate of drug-likeness (QED) is 0.714. The molecule has 0 aliphatic carbocycles. The van der Waals surface area contributed by atoms with Gasteiger partial charge >= 0.3 is 5.97 Å². The molecule has 0 saturated carbocycles. The predicted molar refractivity (Wildman–Crippen MR) is 58.4 cm³/mol. The first-order valence-corrected chi connectivity index (χ1v) is 5.43. The van der Waals surface area contributed by atoms with Crippen LogP contribution in [0, 0.1) is 0 Å². The van der Waals surface area contributed by atoms with Gasteiger partial charge in [0.1, 0.15) is 5.69 Å². The fraction of sp³-hybridized carbons (Fsp3) is 0.500. The van der Waals surface area contributed by atoms with Gasteiger partial charge in [-0.2, -0.15) is 0 Å². The summed E-state index contributed by atoms with van der Waals surface area (Å²) in [5, 5.41) is 0. The first kappa shape index (κ1) is 11.1. The van der Waals surface area contributed by atoms with Gasteiger partial charge in [-0.25, -0.2) is 9.78 Å². The van der Waals surface area contributed by atoms with E-state index >= 15 is 0 Å². The minimum atomic E-state index is -0.390. The Labute approximate surface area is 94.6 Å². The van der Waals surface area contributed by atoms with Crippen LogP contribution in [0.5, 0.6) is 0 Å². The highest BCUT2D eigenvalue weighted by atomic mass is 16.5. The lowest BCUT2D eigenvalue weighted by Crippen LogP contribution is -2.14. The van der Waals surface area contributed by atoms with E-state index in [0.29, 0.717) is 11.6 Å². The fourth-order valence-corrected chi connectivity index (χ4v) is 1.90. The molecule has 1 saturated heterocycles. The Kier molecular flexibility index (Phi) is 3.51. The van der Waals surface area contributed by atoms with Crippen LogP contribution in [-0.2, 0) is 9.47 Å². The molecule has 86 valence electrons. The highest BCUT2D eigenvalue weighted by molar-refractivity contribution is 5.86. The summed E-state index contributed by atoms with van der Waals surface area (Å²) in [6.45, 7) is 1.62. The number of methoxy groups -OCH3 is 1. The summed E-state index contributed by atoms with van der Waals surface area (Å²) in [6, 6.07) is 3.67. The van der Waals surface area contributed by atoms with Crippen LogP contribution in [0.2, 0.25) is 0 Å². The van der Waals surface area contributed by atoms with Gasteiger partial charge in [0, 0.05) is 19.4 Å². The van der Waals surface area contributed by atoms with E-state index in [1.807, 2.05) is 6.07 Å². The minimum Gasteiger partial charge on any atom is -0.464 e. The summed E-state index contributed by atoms with van der Waals surface area (Å²) >= 11 is 0. The third kappa shape index (κ3) is 2.39. The van der Waals surface area contributed by atoms with Gasteiger partial charge in [0.05, 0.1) is 7.11 Å². The smallest absolute Gasteiger partial charge is 0.356 e. The Morgan fingerprint density at radius 3 is 2.75 bits per heavy atom. The topological polar surface area (TPSA) is 48.4 Å². The summed E-state index contributed by atoms with van der Waals surface area (Å²) in [5.74, 6) is 0.117. The van der Waals surface area contributed by atoms with Crippen molar-refractivity contribution in [2.24, 2.45) is 0 Å². The zero-order chi connectivity index (χ0) is 11.4. The lowest BCUT2D eigenvalue weighted by Gasteiger charge is -2.21. The molecule has 4 nitrogen and oxygen atoms in total. The van der Waals surface area contributed by atoms with Crippen molar-refractivity contribution < 1.29 is 14.3 Å². The van der Waals surface area contributed by atoms with E-state index in [2.05, 4.69) is 9.72 Å². The second-order valence-electron chi connectivity index (χ2n) is 3.86. The maximum absolute atomic E-state index is 11.2. The van der Waals surface area contributed by atoms with Crippen LogP contribution in [0.4, 0.5) is 0 Å². The molecule has 1 aromatic rings. The first-order chi connectivity index (χ1) is 7.81. The lowest BCUT2D eigenvalue weighted by molar-refractivity contribution is 0.0593. The van der Waals surface area contributed by atoms with Crippen molar-refractivity contribution in [2.75, 3.05) is 20.3 Å². The average Bonchev–Trinajstić information content (AvgIpc) is 2.39. The van der Waals surface area contributed by atoms with Gasteiger partial charge in [-0.15, -0.1) is 0 Å². The molecule has 0 radical (unpaired) electrons. The SMILES string of the molecule is COC(=O)c1ccc(C2CCOCC2)cn1. The van der Waals surface area contributed by atoms with Gasteiger partial charge < -0.3 is 9.47 Å². The highest BCUT2D eigenvalue weighted by Gasteiger charge is 2.16. The predicted octanol–water partition coefficient (Wildman–Crippen LogP) is 1.76. The number of esters is 1. The molecule has 0 spiro atoms. The van der Waals surface area contributed by atoms with Crippen molar-refractivity contribution in [1.82, 2.24) is 4.98 Å². The van der Waals surface area contributed by atoms with Gasteiger partial charge in [-0.3, -0.25) is 0 Å². The normalized spacial score (nSPS) is 17.1. The molecular weight excluding hydrogens is 206 g/mol. The van der Waals surface area contributed by atoms with Crippen molar-refractivity contribution in [3.63, 3.8) is 0 Å². The fourth-order valence-electron chi connectivity index (χ4n) is 1.90. The van der Waals surface area contributed by atoms with Crippen molar-refractivity contribution in [3.8, 4) is 0 Å². The Balaban J connectivity index is 2.09. The van der Waals surface area contributed by atoms with Crippen LogP contribution in [0.25, 0.3) is 0 Å². The third-order valence-corrected chi connectivity index (χ3v) is 2.87. The van der Waals surface area contributed by atoms with Gasteiger partial charge in [-0.1, -0.05) is 6.07 Å². The maximum Gasteiger partial charge on any atom is 0.356 e. The van der Waals surface area contributed by atoms with E-state index in [9.17, 15) is 4.79 Å². The highest BCUT2D eigenvalue weighted by Crippen LogP contribution is 2.26. The van der Waals surface area contributed by atoms with Crippen LogP contribution in [0.3, 0.4) is 0 Å². The van der Waals surface area contributed by atoms with E-state index in [1.54, 1.807) is 12.3 Å². The second kappa shape index (κ2) is 5.07. The van der Waals surface area contributed by atoms with Crippen LogP contribution in [-0.4, -0.2) is 31.3 Å². The second-order valence-corrected chi connectivity index (χ2v) is 3.86. The van der Waals surface area contributed by atoms with E-state index in [1.165, 1.54) is 12.7 Å². The van der Waals surface area contributed by atoms with E-state index < -0.39 is 5.97 Å². The molecule has 0 aromatic carbocycles. The zero-order valence-electron chi connectivity index (χ0n) is 9.31. The van der Waals surface area contributed by atoms with Crippen LogP contribution in [0.1, 0.15) is 34.8 Å². The zero-order valence-corrected chi connectivity index (χ0v) is 9.31. The first-order valence-electron chi connectivity index (χ1n) is 5.43. The molecule has 4 heteroatoms. The molecule has 1 aliphatic heterocycles. The van der Waals surface area contributed by atoms with Crippen molar-refractivity contribution in [1.29, 1.82) is 0 Å². The summed E-state index contributed by atoms with van der Waals surface area (Å²) in [4.78, 5) is 15.3. The molecule has 1 fully saturated rings. The standard InChI is InChI=1S/C12H15NO3/c1-15-12(14)11-3-2-10(8-13-11)9-4-6-16-7-5-9/h2-3,8-9H,4-7H2,1H3. The van der Waals surface area contributed by atoms with E-state index in [4.69, 9.17) is 4.74 Å².